The van der Waals surface area contributed by atoms with Gasteiger partial charge in [0, 0.05) is 13.0 Å². The van der Waals surface area contributed by atoms with E-state index in [9.17, 15) is 29.1 Å². The number of carbonyl (C=O) groups is 5. The van der Waals surface area contributed by atoms with Crippen molar-refractivity contribution >= 4 is 35.6 Å². The number of primary amides is 1. The molecule has 0 saturated heterocycles. The fourth-order valence-electron chi connectivity index (χ4n) is 3.44. The molecule has 0 fully saturated rings. The number of aliphatic imine (C=N–C) groups is 1. The van der Waals surface area contributed by atoms with Crippen LogP contribution in [0.1, 0.15) is 38.7 Å². The van der Waals surface area contributed by atoms with Crippen LogP contribution in [0.2, 0.25) is 0 Å². The van der Waals surface area contributed by atoms with Gasteiger partial charge in [0.1, 0.15) is 18.1 Å². The zero-order valence-electron chi connectivity index (χ0n) is 21.6. The van der Waals surface area contributed by atoms with Crippen LogP contribution >= 0.6 is 0 Å². The molecule has 4 amide bonds. The summed E-state index contributed by atoms with van der Waals surface area (Å²) in [5, 5.41) is 16.9. The summed E-state index contributed by atoms with van der Waals surface area (Å²) in [5.74, 6) is -4.98. The standard InChI is InChI=1S/C24H38N8O6/c1-13(2)19(32-20(34)15(25)9-6-10-29-24(27)28)22(36)30-16(12-18(26)33)21(35)31-17(23(37)38)11-14-7-4-3-5-8-14/h3-5,7-8,13,15-17,19H,6,9-12,25H2,1-2H3,(H2,26,33)(H,30,36)(H,31,35)(H,32,34)(H,37,38)(H4,27,28,29). The number of nitrogens with zero attached hydrogens (tertiary/aromatic N) is 1. The molecule has 0 aromatic heterocycles. The quantitative estimate of drug-likeness (QED) is 0.0642. The predicted octanol–water partition coefficient (Wildman–Crippen LogP) is -2.32. The van der Waals surface area contributed by atoms with Gasteiger partial charge in [0.05, 0.1) is 12.5 Å². The average Bonchev–Trinajstić information content (AvgIpc) is 2.83. The number of rotatable bonds is 16. The van der Waals surface area contributed by atoms with Crippen LogP contribution < -0.4 is 38.9 Å². The van der Waals surface area contributed by atoms with Crippen LogP contribution in [0.5, 0.6) is 0 Å². The van der Waals surface area contributed by atoms with Crippen molar-refractivity contribution < 1.29 is 29.1 Å². The third-order valence-electron chi connectivity index (χ3n) is 5.49. The molecule has 4 atom stereocenters. The molecule has 0 saturated carbocycles. The predicted molar refractivity (Wildman–Crippen MR) is 140 cm³/mol. The molecule has 38 heavy (non-hydrogen) atoms. The molecular formula is C24H38N8O6. The summed E-state index contributed by atoms with van der Waals surface area (Å²) in [5.41, 5.74) is 22.3. The molecule has 0 spiro atoms. The lowest BCUT2D eigenvalue weighted by Gasteiger charge is -2.26. The van der Waals surface area contributed by atoms with E-state index in [0.717, 1.165) is 0 Å². The van der Waals surface area contributed by atoms with Crippen molar-refractivity contribution in [2.75, 3.05) is 6.54 Å². The zero-order chi connectivity index (χ0) is 28.8. The number of nitrogens with one attached hydrogen (secondary N) is 3. The van der Waals surface area contributed by atoms with Crippen LogP contribution in [0, 0.1) is 5.92 Å². The van der Waals surface area contributed by atoms with E-state index >= 15 is 0 Å². The Hall–Kier alpha value is -4.20. The summed E-state index contributed by atoms with van der Waals surface area (Å²) in [4.78, 5) is 65.7. The largest absolute Gasteiger partial charge is 0.480 e. The number of aliphatic carboxylic acids is 1. The Kier molecular flexibility index (Phi) is 13.2. The average molecular weight is 535 g/mol. The number of nitrogens with two attached hydrogens (primary N) is 4. The molecule has 1 rings (SSSR count). The second-order valence-corrected chi connectivity index (χ2v) is 9.11. The van der Waals surface area contributed by atoms with Crippen molar-refractivity contribution in [3.05, 3.63) is 35.9 Å². The van der Waals surface area contributed by atoms with Gasteiger partial charge in [-0.15, -0.1) is 0 Å². The number of benzene rings is 1. The lowest BCUT2D eigenvalue weighted by Crippen LogP contribution is -2.59. The second-order valence-electron chi connectivity index (χ2n) is 9.11. The Morgan fingerprint density at radius 3 is 2.03 bits per heavy atom. The number of guanidine groups is 1. The monoisotopic (exact) mass is 534 g/mol. The first-order valence-corrected chi connectivity index (χ1v) is 12.1. The number of carboxylic acid groups (broad SMARTS) is 1. The number of amides is 4. The summed E-state index contributed by atoms with van der Waals surface area (Å²) in [7, 11) is 0. The Morgan fingerprint density at radius 1 is 0.895 bits per heavy atom. The van der Waals surface area contributed by atoms with Crippen LogP contribution in [0.25, 0.3) is 0 Å². The van der Waals surface area contributed by atoms with E-state index in [1.807, 2.05) is 0 Å². The molecule has 0 aliphatic heterocycles. The number of hydrogen-bond donors (Lipinski definition) is 8. The second kappa shape index (κ2) is 15.8. The highest BCUT2D eigenvalue weighted by molar-refractivity contribution is 5.96. The van der Waals surface area contributed by atoms with Crippen molar-refractivity contribution in [1.82, 2.24) is 16.0 Å². The minimum Gasteiger partial charge on any atom is -0.480 e. The maximum atomic E-state index is 13.0. The van der Waals surface area contributed by atoms with Gasteiger partial charge in [0.25, 0.3) is 0 Å². The Balaban J connectivity index is 2.90. The van der Waals surface area contributed by atoms with Gasteiger partial charge in [0.15, 0.2) is 5.96 Å². The summed E-state index contributed by atoms with van der Waals surface area (Å²) in [6.07, 6.45) is 0.0720. The Labute approximate surface area is 221 Å². The molecule has 0 radical (unpaired) electrons. The number of hydrogen-bond acceptors (Lipinski definition) is 7. The third kappa shape index (κ3) is 11.7. The van der Waals surface area contributed by atoms with Crippen molar-refractivity contribution in [1.29, 1.82) is 0 Å². The highest BCUT2D eigenvalue weighted by Gasteiger charge is 2.32. The molecule has 1 aromatic carbocycles. The summed E-state index contributed by atoms with van der Waals surface area (Å²) >= 11 is 0. The lowest BCUT2D eigenvalue weighted by atomic mass is 10.0. The van der Waals surface area contributed by atoms with Gasteiger partial charge in [-0.05, 0) is 24.3 Å². The van der Waals surface area contributed by atoms with E-state index in [2.05, 4.69) is 20.9 Å². The molecule has 0 aliphatic carbocycles. The van der Waals surface area contributed by atoms with Crippen LogP contribution in [0.15, 0.2) is 35.3 Å². The van der Waals surface area contributed by atoms with E-state index in [-0.39, 0.29) is 25.3 Å². The molecule has 0 aliphatic rings. The maximum Gasteiger partial charge on any atom is 0.326 e. The molecular weight excluding hydrogens is 496 g/mol. The number of carboxylic acids is 1. The highest BCUT2D eigenvalue weighted by Crippen LogP contribution is 2.07. The van der Waals surface area contributed by atoms with Crippen LogP contribution in [0.4, 0.5) is 0 Å². The van der Waals surface area contributed by atoms with Gasteiger partial charge in [-0.1, -0.05) is 44.2 Å². The highest BCUT2D eigenvalue weighted by atomic mass is 16.4. The third-order valence-corrected chi connectivity index (χ3v) is 5.49. The minimum absolute atomic E-state index is 0.0229. The van der Waals surface area contributed by atoms with Crippen molar-refractivity contribution in [2.45, 2.75) is 63.7 Å². The van der Waals surface area contributed by atoms with Gasteiger partial charge in [-0.3, -0.25) is 24.2 Å². The minimum atomic E-state index is -1.47. The zero-order valence-corrected chi connectivity index (χ0v) is 21.6. The van der Waals surface area contributed by atoms with E-state index in [1.54, 1.807) is 44.2 Å². The van der Waals surface area contributed by atoms with Gasteiger partial charge < -0.3 is 44.0 Å². The van der Waals surface area contributed by atoms with Crippen LogP contribution in [0.3, 0.4) is 0 Å². The molecule has 0 bridgehead atoms. The van der Waals surface area contributed by atoms with Crippen LogP contribution in [-0.4, -0.2) is 71.4 Å². The first kappa shape index (κ1) is 31.8. The molecule has 4 unspecified atom stereocenters. The summed E-state index contributed by atoms with van der Waals surface area (Å²) in [6.45, 7) is 3.61. The SMILES string of the molecule is CC(C)C(NC(=O)C(N)CCCN=C(N)N)C(=O)NC(CC(N)=O)C(=O)NC(Cc1ccccc1)C(=O)O. The molecule has 1 aromatic rings. The maximum absolute atomic E-state index is 13.0. The van der Waals surface area contributed by atoms with Gasteiger partial charge in [-0.25, -0.2) is 4.79 Å². The summed E-state index contributed by atoms with van der Waals surface area (Å²) < 4.78 is 0. The van der Waals surface area contributed by atoms with Gasteiger partial charge >= 0.3 is 5.97 Å². The topological polar surface area (TPSA) is 258 Å². The molecule has 0 heterocycles. The van der Waals surface area contributed by atoms with Gasteiger partial charge in [-0.2, -0.15) is 0 Å². The molecule has 14 nitrogen and oxygen atoms in total. The fraction of sp³-hybridized carbons (Fsp3) is 0.500. The van der Waals surface area contributed by atoms with Gasteiger partial charge in [0.2, 0.25) is 23.6 Å². The summed E-state index contributed by atoms with van der Waals surface area (Å²) in [6, 6.07) is 3.77. The normalized spacial score (nSPS) is 13.9. The van der Waals surface area contributed by atoms with E-state index in [0.29, 0.717) is 12.0 Å². The first-order valence-electron chi connectivity index (χ1n) is 12.1. The Bertz CT molecular complexity index is 997. The molecule has 14 heteroatoms. The van der Waals surface area contributed by atoms with Crippen LogP contribution in [-0.2, 0) is 30.4 Å². The smallest absolute Gasteiger partial charge is 0.326 e. The first-order chi connectivity index (χ1) is 17.8. The number of carbonyl (C=O) groups excluding carboxylic acids is 4. The van der Waals surface area contributed by atoms with E-state index in [1.165, 1.54) is 0 Å². The van der Waals surface area contributed by atoms with Crippen molar-refractivity contribution in [3.63, 3.8) is 0 Å². The fourth-order valence-corrected chi connectivity index (χ4v) is 3.44. The Morgan fingerprint density at radius 2 is 1.50 bits per heavy atom. The molecule has 210 valence electrons. The van der Waals surface area contributed by atoms with E-state index in [4.69, 9.17) is 22.9 Å². The van der Waals surface area contributed by atoms with Crippen molar-refractivity contribution in [3.8, 4) is 0 Å². The van der Waals surface area contributed by atoms with E-state index < -0.39 is 66.1 Å². The van der Waals surface area contributed by atoms with Crippen molar-refractivity contribution in [2.24, 2.45) is 33.8 Å². The molecule has 12 N–H and O–H groups in total. The lowest BCUT2D eigenvalue weighted by molar-refractivity contribution is -0.142.